The van der Waals surface area contributed by atoms with Crippen LogP contribution in [0.15, 0.2) is 82.4 Å². The van der Waals surface area contributed by atoms with Crippen molar-refractivity contribution < 1.29 is 1.41 Å². The quantitative estimate of drug-likeness (QED) is 0.729. The van der Waals surface area contributed by atoms with Crippen LogP contribution in [0.1, 0.15) is 17.9 Å². The molecule has 1 saturated carbocycles. The Morgan fingerprint density at radius 3 is 2.44 bits per heavy atom. The predicted molar refractivity (Wildman–Crippen MR) is 97.1 cm³/mol. The van der Waals surface area contributed by atoms with E-state index < -0.39 is 11.4 Å². The van der Waals surface area contributed by atoms with E-state index in [0.29, 0.717) is 16.7 Å². The van der Waals surface area contributed by atoms with Crippen molar-refractivity contribution in [1.29, 1.82) is 0 Å². The lowest BCUT2D eigenvalue weighted by molar-refractivity contribution is 0.619. The van der Waals surface area contributed by atoms with E-state index in [-0.39, 0.29) is 12.5 Å². The van der Waals surface area contributed by atoms with Gasteiger partial charge in [-0.3, -0.25) is 0 Å². The first-order chi connectivity index (χ1) is 12.6. The van der Waals surface area contributed by atoms with Gasteiger partial charge in [-0.1, -0.05) is 60.7 Å². The van der Waals surface area contributed by atoms with Crippen LogP contribution in [0.5, 0.6) is 0 Å². The van der Waals surface area contributed by atoms with Crippen molar-refractivity contribution in [1.82, 2.24) is 14.3 Å². The summed E-state index contributed by atoms with van der Waals surface area (Å²) in [5.41, 5.74) is 1.39. The molecule has 0 bridgehead atoms. The van der Waals surface area contributed by atoms with Gasteiger partial charge < -0.3 is 0 Å². The van der Waals surface area contributed by atoms with Crippen LogP contribution in [-0.2, 0) is 6.54 Å². The number of nitrogens with zero attached hydrogens (tertiary/aromatic N) is 2. The first-order valence-corrected chi connectivity index (χ1v) is 8.30. The second-order valence-electron chi connectivity index (χ2n) is 6.41. The Morgan fingerprint density at radius 1 is 1.12 bits per heavy atom. The molecule has 1 fully saturated rings. The molecule has 2 aromatic carbocycles. The second-order valence-corrected chi connectivity index (χ2v) is 6.41. The van der Waals surface area contributed by atoms with Gasteiger partial charge in [-0.25, -0.2) is 23.9 Å². The van der Waals surface area contributed by atoms with Gasteiger partial charge in [0.05, 0.1) is 12.2 Å². The lowest BCUT2D eigenvalue weighted by Gasteiger charge is -2.05. The Balaban J connectivity index is 1.59. The number of benzene rings is 2. The maximum Gasteiger partial charge on any atom is 0.351 e. The minimum absolute atomic E-state index is 0.172. The molecule has 1 aliphatic carbocycles. The van der Waals surface area contributed by atoms with E-state index in [4.69, 9.17) is 1.41 Å². The summed E-state index contributed by atoms with van der Waals surface area (Å²) in [6.07, 6.45) is 0.985. The maximum absolute atomic E-state index is 12.7. The van der Waals surface area contributed by atoms with Crippen LogP contribution >= 0.6 is 0 Å². The fourth-order valence-electron chi connectivity index (χ4n) is 3.31. The number of nitrogens with one attached hydrogen (secondary N) is 1. The monoisotopic (exact) mass is 334 g/mol. The molecule has 1 heterocycles. The molecule has 5 heteroatoms. The number of H-pyrrole nitrogens is 1. The second kappa shape index (κ2) is 6.09. The van der Waals surface area contributed by atoms with E-state index in [9.17, 15) is 9.59 Å². The van der Waals surface area contributed by atoms with Crippen LogP contribution in [0.2, 0.25) is 1.41 Å². The summed E-state index contributed by atoms with van der Waals surface area (Å²) in [5, 5.41) is 0.625. The molecule has 2 atom stereocenters. The lowest BCUT2D eigenvalue weighted by atomic mass is 10.1. The van der Waals surface area contributed by atoms with Gasteiger partial charge in [0, 0.05) is 0 Å². The molecular formula is C20H19N3O2. The van der Waals surface area contributed by atoms with Crippen LogP contribution < -0.4 is 11.4 Å². The molecule has 2 unspecified atom stereocenters. The van der Waals surface area contributed by atoms with Crippen molar-refractivity contribution >= 4 is 0 Å². The largest absolute Gasteiger partial charge is 0.351 e. The highest BCUT2D eigenvalue weighted by Gasteiger charge is 2.40. The first kappa shape index (κ1) is 14.3. The minimum Gasteiger partial charge on any atom is -0.246 e. The van der Waals surface area contributed by atoms with E-state index in [1.54, 1.807) is 24.3 Å². The van der Waals surface area contributed by atoms with Gasteiger partial charge in [0.1, 0.15) is 0 Å². The normalized spacial score (nSPS) is 19.4. The van der Waals surface area contributed by atoms with E-state index in [1.807, 2.05) is 24.3 Å². The van der Waals surface area contributed by atoms with Gasteiger partial charge in [-0.05, 0) is 36.0 Å². The van der Waals surface area contributed by atoms with Gasteiger partial charge >= 0.3 is 11.4 Å². The van der Waals surface area contributed by atoms with Crippen molar-refractivity contribution in [2.75, 3.05) is 0 Å². The Bertz CT molecular complexity index is 1060. The van der Waals surface area contributed by atoms with Crippen LogP contribution in [0, 0.1) is 5.92 Å². The number of rotatable bonds is 5. The molecule has 126 valence electrons. The highest BCUT2D eigenvalue weighted by atomic mass is 16.2. The molecule has 4 rings (SSSR count). The summed E-state index contributed by atoms with van der Waals surface area (Å²) in [6.45, 7) is 4.29. The predicted octanol–water partition coefficient (Wildman–Crippen LogP) is 2.69. The Kier molecular flexibility index (Phi) is 3.48. The van der Waals surface area contributed by atoms with E-state index in [2.05, 4.69) is 18.7 Å². The van der Waals surface area contributed by atoms with Gasteiger partial charge in [0.25, 0.3) is 0 Å². The zero-order valence-electron chi connectivity index (χ0n) is 14.7. The first-order valence-electron chi connectivity index (χ1n) is 8.75. The zero-order chi connectivity index (χ0) is 18.3. The molecule has 1 aromatic heterocycles. The van der Waals surface area contributed by atoms with Crippen molar-refractivity contribution in [3.63, 3.8) is 0 Å². The average molecular weight is 334 g/mol. The molecule has 0 amide bonds. The van der Waals surface area contributed by atoms with E-state index in [1.165, 1.54) is 5.56 Å². The number of aromatic nitrogens is 3. The fourth-order valence-corrected chi connectivity index (χ4v) is 3.31. The lowest BCUT2D eigenvalue weighted by Crippen LogP contribution is -2.27. The van der Waals surface area contributed by atoms with Crippen LogP contribution in [-0.4, -0.2) is 14.3 Å². The summed E-state index contributed by atoms with van der Waals surface area (Å²) in [4.78, 5) is 25.0. The summed E-state index contributed by atoms with van der Waals surface area (Å²) >= 11 is 0. The molecule has 1 aliphatic rings. The number of hydrogen-bond acceptors (Lipinski definition) is 2. The SMILES string of the molecule is [2H]n1c(=O)n(-c2ccccc2)c(=O)n1CC(=C)C1CC1c1ccccc1. The minimum atomic E-state index is -0.676. The van der Waals surface area contributed by atoms with E-state index >= 15 is 0 Å². The standard InChI is InChI=1S/C20H19N3O2/c1-14(17-12-18(17)15-8-4-2-5-9-15)13-22-20(25)23(19(24)21-22)16-10-6-3-7-11-16/h2-11,17-18H,1,12-13H2,(H,21,24)/i/hD. The highest BCUT2D eigenvalue weighted by molar-refractivity contribution is 5.32. The average Bonchev–Trinajstić information content (AvgIpc) is 3.44. The number of aromatic amines is 1. The number of allylic oxidation sites excluding steroid dienone is 1. The third kappa shape index (κ3) is 2.89. The highest BCUT2D eigenvalue weighted by Crippen LogP contribution is 2.51. The zero-order valence-corrected chi connectivity index (χ0v) is 13.7. The molecule has 0 spiro atoms. The summed E-state index contributed by atoms with van der Waals surface area (Å²) in [7, 11) is 0. The number of para-hydroxylation sites is 1. The Morgan fingerprint density at radius 2 is 1.76 bits per heavy atom. The van der Waals surface area contributed by atoms with Crippen LogP contribution in [0.3, 0.4) is 0 Å². The molecule has 1 N–H and O–H groups in total. The summed E-state index contributed by atoms with van der Waals surface area (Å²) in [6, 6.07) is 18.9. The van der Waals surface area contributed by atoms with Gasteiger partial charge in [-0.15, -0.1) is 0 Å². The van der Waals surface area contributed by atoms with Crippen molar-refractivity contribution in [2.45, 2.75) is 18.9 Å². The molecule has 3 aromatic rings. The maximum atomic E-state index is 12.7. The molecule has 0 radical (unpaired) electrons. The van der Waals surface area contributed by atoms with Crippen molar-refractivity contribution in [3.8, 4) is 5.69 Å². The molecule has 0 aliphatic heterocycles. The van der Waals surface area contributed by atoms with Gasteiger partial charge in [-0.2, -0.15) is 0 Å². The van der Waals surface area contributed by atoms with Gasteiger partial charge in [0.2, 0.25) is 0 Å². The number of hydrogen-bond donors (Lipinski definition) is 1. The third-order valence-electron chi connectivity index (χ3n) is 4.72. The third-order valence-corrected chi connectivity index (χ3v) is 4.72. The molecule has 5 nitrogen and oxygen atoms in total. The molecule has 0 saturated heterocycles. The summed E-state index contributed by atoms with van der Waals surface area (Å²) in [5.74, 6) is 0.681. The van der Waals surface area contributed by atoms with Crippen LogP contribution in [0.4, 0.5) is 0 Å². The topological polar surface area (TPSA) is 59.8 Å². The van der Waals surface area contributed by atoms with E-state index in [0.717, 1.165) is 21.2 Å². The van der Waals surface area contributed by atoms with Crippen molar-refractivity contribution in [3.05, 3.63) is 99.3 Å². The molecule has 25 heavy (non-hydrogen) atoms. The van der Waals surface area contributed by atoms with Gasteiger partial charge in [0.15, 0.2) is 1.41 Å². The summed E-state index contributed by atoms with van der Waals surface area (Å²) < 4.78 is 10.1. The Hall–Kier alpha value is -3.08. The van der Waals surface area contributed by atoms with Crippen molar-refractivity contribution in [2.24, 2.45) is 5.92 Å². The molecular weight excluding hydrogens is 314 g/mol. The Labute approximate surface area is 146 Å². The smallest absolute Gasteiger partial charge is 0.246 e. The fraction of sp³-hybridized carbons (Fsp3) is 0.200. The van der Waals surface area contributed by atoms with Crippen LogP contribution in [0.25, 0.3) is 5.69 Å².